The fraction of sp³-hybridized carbons (Fsp3) is 0.222. The van der Waals surface area contributed by atoms with E-state index in [9.17, 15) is 5.11 Å². The molecule has 96 valence electrons. The second-order valence-electron chi connectivity index (χ2n) is 5.05. The highest BCUT2D eigenvalue weighted by Gasteiger charge is 2.24. The highest BCUT2D eigenvalue weighted by molar-refractivity contribution is 5.59. The Morgan fingerprint density at radius 1 is 1.00 bits per heavy atom. The van der Waals surface area contributed by atoms with Gasteiger partial charge in [0.05, 0.1) is 6.10 Å². The molecule has 2 atom stereocenters. The average Bonchev–Trinajstić information content (AvgIpc) is 2.48. The molecular weight excluding hydrogens is 232 g/mol. The number of fused-ring (bicyclic) bond motifs is 1. The summed E-state index contributed by atoms with van der Waals surface area (Å²) >= 11 is 0. The number of benzene rings is 2. The third-order valence-corrected chi connectivity index (χ3v) is 3.91. The highest BCUT2D eigenvalue weighted by Crippen LogP contribution is 2.38. The Morgan fingerprint density at radius 3 is 2.47 bits per heavy atom. The molecule has 1 N–H and O–H groups in total. The molecule has 1 heteroatoms. The molecule has 0 saturated carbocycles. The minimum absolute atomic E-state index is 0.0563. The van der Waals surface area contributed by atoms with Gasteiger partial charge in [0, 0.05) is 5.92 Å². The summed E-state index contributed by atoms with van der Waals surface area (Å²) in [6.45, 7) is 2.15. The summed E-state index contributed by atoms with van der Waals surface area (Å²) in [5.41, 5.74) is 4.65. The first-order chi connectivity index (χ1) is 9.29. The SMILES string of the molecule is CCc1ccc([C@H]2C=Cc3ccccc3[C@H]2O)cc1. The van der Waals surface area contributed by atoms with Gasteiger partial charge in [-0.15, -0.1) is 0 Å². The minimum atomic E-state index is -0.450. The average molecular weight is 250 g/mol. The Kier molecular flexibility index (Phi) is 3.22. The molecule has 0 bridgehead atoms. The predicted molar refractivity (Wildman–Crippen MR) is 79.0 cm³/mol. The Hall–Kier alpha value is -1.86. The molecule has 0 radical (unpaired) electrons. The van der Waals surface area contributed by atoms with Gasteiger partial charge in [-0.05, 0) is 28.7 Å². The van der Waals surface area contributed by atoms with Crippen LogP contribution in [0.1, 0.15) is 41.2 Å². The van der Waals surface area contributed by atoms with Crippen molar-refractivity contribution >= 4 is 6.08 Å². The van der Waals surface area contributed by atoms with E-state index in [4.69, 9.17) is 0 Å². The lowest BCUT2D eigenvalue weighted by atomic mass is 9.82. The lowest BCUT2D eigenvalue weighted by Gasteiger charge is -2.26. The second-order valence-corrected chi connectivity index (χ2v) is 5.05. The molecule has 0 aliphatic heterocycles. The van der Waals surface area contributed by atoms with Crippen molar-refractivity contribution in [1.82, 2.24) is 0 Å². The third kappa shape index (κ3) is 2.22. The number of rotatable bonds is 2. The van der Waals surface area contributed by atoms with Crippen LogP contribution >= 0.6 is 0 Å². The Morgan fingerprint density at radius 2 is 1.74 bits per heavy atom. The van der Waals surface area contributed by atoms with E-state index in [-0.39, 0.29) is 5.92 Å². The zero-order chi connectivity index (χ0) is 13.2. The van der Waals surface area contributed by atoms with E-state index in [1.807, 2.05) is 24.3 Å². The molecule has 2 aromatic carbocycles. The van der Waals surface area contributed by atoms with Crippen LogP contribution in [-0.4, -0.2) is 5.11 Å². The maximum Gasteiger partial charge on any atom is 0.0899 e. The van der Waals surface area contributed by atoms with E-state index >= 15 is 0 Å². The molecule has 0 fully saturated rings. The number of hydrogen-bond acceptors (Lipinski definition) is 1. The van der Waals surface area contributed by atoms with Crippen LogP contribution in [0, 0.1) is 0 Å². The number of aliphatic hydroxyl groups excluding tert-OH is 1. The molecule has 19 heavy (non-hydrogen) atoms. The zero-order valence-electron chi connectivity index (χ0n) is 11.1. The van der Waals surface area contributed by atoms with Crippen LogP contribution < -0.4 is 0 Å². The van der Waals surface area contributed by atoms with Crippen LogP contribution in [0.25, 0.3) is 6.08 Å². The molecule has 1 aliphatic rings. The monoisotopic (exact) mass is 250 g/mol. The van der Waals surface area contributed by atoms with Gasteiger partial charge in [0.1, 0.15) is 0 Å². The fourth-order valence-electron chi connectivity index (χ4n) is 2.71. The first-order valence-corrected chi connectivity index (χ1v) is 6.83. The quantitative estimate of drug-likeness (QED) is 0.851. The first-order valence-electron chi connectivity index (χ1n) is 6.83. The molecule has 0 saturated heterocycles. The van der Waals surface area contributed by atoms with Crippen LogP contribution in [0.3, 0.4) is 0 Å². The lowest BCUT2D eigenvalue weighted by Crippen LogP contribution is -2.13. The van der Waals surface area contributed by atoms with Crippen molar-refractivity contribution in [2.24, 2.45) is 0 Å². The van der Waals surface area contributed by atoms with Gasteiger partial charge in [-0.25, -0.2) is 0 Å². The van der Waals surface area contributed by atoms with E-state index in [1.54, 1.807) is 0 Å². The van der Waals surface area contributed by atoms with E-state index in [0.29, 0.717) is 0 Å². The molecule has 0 amide bonds. The molecule has 2 aromatic rings. The molecular formula is C18H18O. The topological polar surface area (TPSA) is 20.2 Å². The van der Waals surface area contributed by atoms with E-state index < -0.39 is 6.10 Å². The first kappa shape index (κ1) is 12.2. The summed E-state index contributed by atoms with van der Waals surface area (Å²) in [5, 5.41) is 10.5. The summed E-state index contributed by atoms with van der Waals surface area (Å²) in [6, 6.07) is 16.6. The van der Waals surface area contributed by atoms with E-state index in [1.165, 1.54) is 11.1 Å². The highest BCUT2D eigenvalue weighted by atomic mass is 16.3. The normalized spacial score (nSPS) is 21.2. The van der Waals surface area contributed by atoms with Crippen molar-refractivity contribution in [3.05, 3.63) is 76.9 Å². The largest absolute Gasteiger partial charge is 0.387 e. The Balaban J connectivity index is 1.95. The lowest BCUT2D eigenvalue weighted by molar-refractivity contribution is 0.160. The Labute approximate surface area is 114 Å². The van der Waals surface area contributed by atoms with Gasteiger partial charge >= 0.3 is 0 Å². The van der Waals surface area contributed by atoms with Gasteiger partial charge in [0.15, 0.2) is 0 Å². The maximum atomic E-state index is 10.5. The zero-order valence-corrected chi connectivity index (χ0v) is 11.1. The van der Waals surface area contributed by atoms with Crippen molar-refractivity contribution in [3.63, 3.8) is 0 Å². The fourth-order valence-corrected chi connectivity index (χ4v) is 2.71. The molecule has 0 unspecified atom stereocenters. The summed E-state index contributed by atoms with van der Waals surface area (Å²) < 4.78 is 0. The van der Waals surface area contributed by atoms with Gasteiger partial charge in [-0.2, -0.15) is 0 Å². The van der Waals surface area contributed by atoms with Crippen LogP contribution in [-0.2, 0) is 6.42 Å². The van der Waals surface area contributed by atoms with Gasteiger partial charge < -0.3 is 5.11 Å². The van der Waals surface area contributed by atoms with Crippen molar-refractivity contribution in [2.45, 2.75) is 25.4 Å². The van der Waals surface area contributed by atoms with Gasteiger partial charge in [-0.1, -0.05) is 67.6 Å². The van der Waals surface area contributed by atoms with Crippen LogP contribution in [0.5, 0.6) is 0 Å². The maximum absolute atomic E-state index is 10.5. The standard InChI is InChI=1S/C18H18O/c1-2-13-7-9-15(10-8-13)17-12-11-14-5-3-4-6-16(14)18(17)19/h3-12,17-19H,2H2,1H3/t17-,18-/m1/s1. The van der Waals surface area contributed by atoms with E-state index in [2.05, 4.69) is 43.3 Å². The Bertz CT molecular complexity index is 595. The third-order valence-electron chi connectivity index (χ3n) is 3.91. The van der Waals surface area contributed by atoms with Crippen molar-refractivity contribution in [3.8, 4) is 0 Å². The molecule has 0 heterocycles. The molecule has 0 aromatic heterocycles. The molecule has 3 rings (SSSR count). The molecule has 1 nitrogen and oxygen atoms in total. The molecule has 0 spiro atoms. The summed E-state index contributed by atoms with van der Waals surface area (Å²) in [6.07, 6.45) is 4.81. The summed E-state index contributed by atoms with van der Waals surface area (Å²) in [5.74, 6) is 0.0563. The van der Waals surface area contributed by atoms with Crippen LogP contribution in [0.2, 0.25) is 0 Å². The van der Waals surface area contributed by atoms with Gasteiger partial charge in [-0.3, -0.25) is 0 Å². The van der Waals surface area contributed by atoms with Crippen molar-refractivity contribution in [1.29, 1.82) is 0 Å². The predicted octanol–water partition coefficient (Wildman–Crippen LogP) is 4.09. The minimum Gasteiger partial charge on any atom is -0.387 e. The van der Waals surface area contributed by atoms with Crippen LogP contribution in [0.15, 0.2) is 54.6 Å². The van der Waals surface area contributed by atoms with Crippen molar-refractivity contribution in [2.75, 3.05) is 0 Å². The number of hydrogen-bond donors (Lipinski definition) is 1. The van der Waals surface area contributed by atoms with Crippen LogP contribution in [0.4, 0.5) is 0 Å². The second kappa shape index (κ2) is 5.02. The van der Waals surface area contributed by atoms with Gasteiger partial charge in [0.25, 0.3) is 0 Å². The number of aryl methyl sites for hydroxylation is 1. The van der Waals surface area contributed by atoms with E-state index in [0.717, 1.165) is 17.5 Å². The molecule has 1 aliphatic carbocycles. The van der Waals surface area contributed by atoms with Gasteiger partial charge in [0.2, 0.25) is 0 Å². The summed E-state index contributed by atoms with van der Waals surface area (Å²) in [7, 11) is 0. The van der Waals surface area contributed by atoms with Crippen molar-refractivity contribution < 1.29 is 5.11 Å². The summed E-state index contributed by atoms with van der Waals surface area (Å²) in [4.78, 5) is 0. The number of aliphatic hydroxyl groups is 1. The smallest absolute Gasteiger partial charge is 0.0899 e.